The monoisotopic (exact) mass is 454 g/mol. The Morgan fingerprint density at radius 3 is 2.53 bits per heavy atom. The molecule has 2 amide bonds. The number of nitrogens with one attached hydrogen (secondary N) is 1. The van der Waals surface area contributed by atoms with E-state index in [1.807, 2.05) is 90.4 Å². The van der Waals surface area contributed by atoms with Crippen molar-refractivity contribution in [2.45, 2.75) is 32.1 Å². The molecule has 1 aliphatic heterocycles. The van der Waals surface area contributed by atoms with Crippen LogP contribution in [0.1, 0.15) is 28.7 Å². The summed E-state index contributed by atoms with van der Waals surface area (Å²) in [6.07, 6.45) is 0. The number of carbonyl (C=O) groups excluding carboxylic acids is 2. The van der Waals surface area contributed by atoms with Crippen molar-refractivity contribution in [3.8, 4) is 5.75 Å². The molecule has 1 N–H and O–H groups in total. The molecule has 1 aliphatic rings. The second-order valence-electron chi connectivity index (χ2n) is 8.66. The van der Waals surface area contributed by atoms with E-state index in [9.17, 15) is 9.59 Å². The van der Waals surface area contributed by atoms with Gasteiger partial charge in [-0.05, 0) is 30.7 Å². The molecule has 5 rings (SSSR count). The zero-order chi connectivity index (χ0) is 23.7. The molecule has 0 saturated heterocycles. The van der Waals surface area contributed by atoms with E-state index < -0.39 is 5.54 Å². The second kappa shape index (κ2) is 8.67. The van der Waals surface area contributed by atoms with E-state index in [-0.39, 0.29) is 18.4 Å². The third kappa shape index (κ3) is 3.69. The largest absolute Gasteiger partial charge is 0.496 e. The highest BCUT2D eigenvalue weighted by Gasteiger charge is 2.48. The van der Waals surface area contributed by atoms with Crippen LogP contribution in [0.25, 0.3) is 11.0 Å². The predicted octanol–water partition coefficient (Wildman–Crippen LogP) is 3.78. The van der Waals surface area contributed by atoms with Crippen LogP contribution in [0.3, 0.4) is 0 Å². The molecule has 3 aromatic carbocycles. The van der Waals surface area contributed by atoms with Crippen LogP contribution in [0.5, 0.6) is 5.75 Å². The van der Waals surface area contributed by atoms with E-state index in [1.165, 1.54) is 0 Å². The van der Waals surface area contributed by atoms with Crippen LogP contribution in [0.15, 0.2) is 78.9 Å². The number of para-hydroxylation sites is 3. The number of amides is 2. The molecule has 1 aromatic heterocycles. The second-order valence-corrected chi connectivity index (χ2v) is 8.66. The zero-order valence-corrected chi connectivity index (χ0v) is 19.2. The van der Waals surface area contributed by atoms with Gasteiger partial charge in [0.1, 0.15) is 11.3 Å². The minimum absolute atomic E-state index is 0.219. The Morgan fingerprint density at radius 2 is 1.74 bits per heavy atom. The minimum Gasteiger partial charge on any atom is -0.496 e. The molecule has 0 radical (unpaired) electrons. The summed E-state index contributed by atoms with van der Waals surface area (Å²) in [5.41, 5.74) is 2.25. The summed E-state index contributed by atoms with van der Waals surface area (Å²) in [7, 11) is 1.60. The van der Waals surface area contributed by atoms with Gasteiger partial charge in [0.2, 0.25) is 5.91 Å². The van der Waals surface area contributed by atoms with Crippen LogP contribution in [0.4, 0.5) is 0 Å². The third-order valence-electron chi connectivity index (χ3n) is 6.46. The van der Waals surface area contributed by atoms with Gasteiger partial charge >= 0.3 is 0 Å². The maximum absolute atomic E-state index is 13.8. The third-order valence-corrected chi connectivity index (χ3v) is 6.46. The van der Waals surface area contributed by atoms with Crippen LogP contribution < -0.4 is 10.1 Å². The minimum atomic E-state index is -1.14. The van der Waals surface area contributed by atoms with Crippen LogP contribution >= 0.6 is 0 Å². The number of imidazole rings is 1. The van der Waals surface area contributed by atoms with E-state index in [1.54, 1.807) is 12.0 Å². The molecule has 0 aliphatic carbocycles. The average molecular weight is 455 g/mol. The highest BCUT2D eigenvalue weighted by Crippen LogP contribution is 2.33. The van der Waals surface area contributed by atoms with Crippen molar-refractivity contribution in [3.63, 3.8) is 0 Å². The number of rotatable bonds is 6. The quantitative estimate of drug-likeness (QED) is 0.481. The number of carbonyl (C=O) groups is 2. The van der Waals surface area contributed by atoms with Crippen molar-refractivity contribution in [2.24, 2.45) is 0 Å². The SMILES string of the molecule is COc1ccccc1CN1C(=O)c2nc3ccccc3n2CC1(C)C(=O)NCc1ccccc1. The first-order chi connectivity index (χ1) is 16.5. The standard InChI is InChI=1S/C27H26N4O3/c1-27(26(33)28-16-19-10-4-3-5-11-19)18-30-22-14-8-7-13-21(22)29-24(30)25(32)31(27)17-20-12-6-9-15-23(20)34-2/h3-15H,16-18H2,1-2H3,(H,28,33). The molecule has 1 unspecified atom stereocenters. The number of hydrogen-bond acceptors (Lipinski definition) is 4. The Kier molecular flexibility index (Phi) is 5.53. The van der Waals surface area contributed by atoms with Gasteiger partial charge in [-0.3, -0.25) is 9.59 Å². The molecule has 0 saturated carbocycles. The lowest BCUT2D eigenvalue weighted by Gasteiger charge is -2.43. The van der Waals surface area contributed by atoms with Gasteiger partial charge in [-0.15, -0.1) is 0 Å². The molecule has 34 heavy (non-hydrogen) atoms. The number of nitrogens with zero attached hydrogens (tertiary/aromatic N) is 3. The molecule has 0 fully saturated rings. The van der Waals surface area contributed by atoms with Gasteiger partial charge in [0.15, 0.2) is 5.82 Å². The van der Waals surface area contributed by atoms with Gasteiger partial charge in [-0.2, -0.15) is 0 Å². The first kappa shape index (κ1) is 21.7. The molecule has 7 nitrogen and oxygen atoms in total. The molecular weight excluding hydrogens is 428 g/mol. The van der Waals surface area contributed by atoms with Gasteiger partial charge in [0.25, 0.3) is 5.91 Å². The highest BCUT2D eigenvalue weighted by molar-refractivity contribution is 6.01. The fourth-order valence-electron chi connectivity index (χ4n) is 4.55. The Morgan fingerprint density at radius 1 is 1.03 bits per heavy atom. The summed E-state index contributed by atoms with van der Waals surface area (Å²) in [6, 6.07) is 24.9. The molecule has 7 heteroatoms. The summed E-state index contributed by atoms with van der Waals surface area (Å²) < 4.78 is 7.37. The van der Waals surface area contributed by atoms with Gasteiger partial charge in [-0.1, -0.05) is 60.7 Å². The molecule has 172 valence electrons. The van der Waals surface area contributed by atoms with Gasteiger partial charge in [0, 0.05) is 12.1 Å². The maximum atomic E-state index is 13.8. The molecule has 0 bridgehead atoms. The van der Waals surface area contributed by atoms with E-state index in [0.717, 1.165) is 22.2 Å². The predicted molar refractivity (Wildman–Crippen MR) is 129 cm³/mol. The van der Waals surface area contributed by atoms with Crippen molar-refractivity contribution in [1.82, 2.24) is 19.8 Å². The van der Waals surface area contributed by atoms with Crippen molar-refractivity contribution in [1.29, 1.82) is 0 Å². The van der Waals surface area contributed by atoms with E-state index in [0.29, 0.717) is 24.7 Å². The van der Waals surface area contributed by atoms with Gasteiger partial charge in [-0.25, -0.2) is 4.98 Å². The van der Waals surface area contributed by atoms with Crippen LogP contribution in [0, 0.1) is 0 Å². The summed E-state index contributed by atoms with van der Waals surface area (Å²) in [4.78, 5) is 33.7. The van der Waals surface area contributed by atoms with E-state index in [4.69, 9.17) is 4.74 Å². The van der Waals surface area contributed by atoms with Crippen molar-refractivity contribution in [3.05, 3.63) is 95.8 Å². The number of aromatic nitrogens is 2. The normalized spacial score (nSPS) is 17.5. The summed E-state index contributed by atoms with van der Waals surface area (Å²) >= 11 is 0. The number of hydrogen-bond donors (Lipinski definition) is 1. The average Bonchev–Trinajstić information content (AvgIpc) is 3.24. The highest BCUT2D eigenvalue weighted by atomic mass is 16.5. The summed E-state index contributed by atoms with van der Waals surface area (Å²) in [5, 5.41) is 3.05. The van der Waals surface area contributed by atoms with Crippen molar-refractivity contribution in [2.75, 3.05) is 7.11 Å². The van der Waals surface area contributed by atoms with Crippen LogP contribution in [0.2, 0.25) is 0 Å². The Labute approximate surface area is 198 Å². The molecular formula is C27H26N4O3. The smallest absolute Gasteiger partial charge is 0.291 e. The first-order valence-electron chi connectivity index (χ1n) is 11.2. The Bertz CT molecular complexity index is 1360. The van der Waals surface area contributed by atoms with Gasteiger partial charge < -0.3 is 19.5 Å². The van der Waals surface area contributed by atoms with Crippen LogP contribution in [-0.2, 0) is 24.4 Å². The lowest BCUT2D eigenvalue weighted by molar-refractivity contribution is -0.133. The summed E-state index contributed by atoms with van der Waals surface area (Å²) in [5.74, 6) is 0.500. The van der Waals surface area contributed by atoms with Gasteiger partial charge in [0.05, 0.1) is 31.2 Å². The molecule has 0 spiro atoms. The molecule has 4 aromatic rings. The molecule has 1 atom stereocenters. The lowest BCUT2D eigenvalue weighted by atomic mass is 9.94. The van der Waals surface area contributed by atoms with Crippen molar-refractivity contribution < 1.29 is 14.3 Å². The maximum Gasteiger partial charge on any atom is 0.291 e. The Hall–Kier alpha value is -4.13. The van der Waals surface area contributed by atoms with Crippen LogP contribution in [-0.4, -0.2) is 38.9 Å². The fourth-order valence-corrected chi connectivity index (χ4v) is 4.55. The number of benzene rings is 3. The van der Waals surface area contributed by atoms with E-state index >= 15 is 0 Å². The Balaban J connectivity index is 1.55. The molecule has 2 heterocycles. The number of ether oxygens (including phenoxy) is 1. The fraction of sp³-hybridized carbons (Fsp3) is 0.222. The number of fused-ring (bicyclic) bond motifs is 3. The topological polar surface area (TPSA) is 76.5 Å². The number of methoxy groups -OCH3 is 1. The van der Waals surface area contributed by atoms with Crippen molar-refractivity contribution >= 4 is 22.8 Å². The van der Waals surface area contributed by atoms with E-state index in [2.05, 4.69) is 10.3 Å². The lowest BCUT2D eigenvalue weighted by Crippen LogP contribution is -2.63. The first-order valence-corrected chi connectivity index (χ1v) is 11.2. The summed E-state index contributed by atoms with van der Waals surface area (Å²) in [6.45, 7) is 2.72. The zero-order valence-electron chi connectivity index (χ0n) is 19.2.